The fourth-order valence-corrected chi connectivity index (χ4v) is 4.08. The molecule has 0 bridgehead atoms. The molecule has 0 saturated heterocycles. The summed E-state index contributed by atoms with van der Waals surface area (Å²) in [6.07, 6.45) is 5.24. The molecule has 176 valence electrons. The molecule has 0 atom stereocenters. The molecular weight excluding hydrogens is 428 g/mol. The third kappa shape index (κ3) is 6.61. The first kappa shape index (κ1) is 23.4. The normalized spacial score (nSPS) is 13.6. The molecule has 3 amide bonds. The van der Waals surface area contributed by atoms with E-state index in [0.29, 0.717) is 11.5 Å². The van der Waals surface area contributed by atoms with E-state index in [1.807, 2.05) is 60.7 Å². The number of amides is 3. The van der Waals surface area contributed by atoms with E-state index in [0.717, 1.165) is 36.8 Å². The monoisotopic (exact) mass is 458 g/mol. The smallest absolute Gasteiger partial charge is 0.321 e. The lowest BCUT2D eigenvalue weighted by atomic mass is 9.96. The van der Waals surface area contributed by atoms with Gasteiger partial charge in [0, 0.05) is 6.04 Å². The molecule has 2 N–H and O–H groups in total. The summed E-state index contributed by atoms with van der Waals surface area (Å²) in [6, 6.07) is 24.2. The summed E-state index contributed by atoms with van der Waals surface area (Å²) in [4.78, 5) is 25.8. The van der Waals surface area contributed by atoms with Crippen LogP contribution in [0.15, 0.2) is 78.9 Å². The Hall–Kier alpha value is -3.80. The minimum atomic E-state index is -0.556. The van der Waals surface area contributed by atoms with Crippen LogP contribution in [0.2, 0.25) is 0 Å². The molecule has 1 aliphatic rings. The Morgan fingerprint density at radius 2 is 1.24 bits per heavy atom. The van der Waals surface area contributed by atoms with Gasteiger partial charge in [-0.05, 0) is 36.1 Å². The quantitative estimate of drug-likeness (QED) is 0.460. The molecule has 0 heterocycles. The van der Waals surface area contributed by atoms with E-state index in [1.165, 1.54) is 6.42 Å². The molecule has 0 unspecified atom stereocenters. The Morgan fingerprint density at radius 1 is 0.706 bits per heavy atom. The molecule has 0 aliphatic heterocycles. The van der Waals surface area contributed by atoms with Crippen LogP contribution < -0.4 is 20.1 Å². The number of carbonyl (C=O) groups is 2. The van der Waals surface area contributed by atoms with Crippen LogP contribution in [-0.2, 0) is 13.2 Å². The summed E-state index contributed by atoms with van der Waals surface area (Å²) in [6.45, 7) is 0.578. The van der Waals surface area contributed by atoms with Crippen molar-refractivity contribution in [1.82, 2.24) is 10.6 Å². The van der Waals surface area contributed by atoms with Gasteiger partial charge in [-0.3, -0.25) is 10.1 Å². The minimum Gasteiger partial charge on any atom is -0.488 e. The molecule has 3 aromatic carbocycles. The number of hydrogen-bond donors (Lipinski definition) is 2. The van der Waals surface area contributed by atoms with Gasteiger partial charge in [-0.15, -0.1) is 0 Å². The van der Waals surface area contributed by atoms with Crippen LogP contribution >= 0.6 is 0 Å². The van der Waals surface area contributed by atoms with Crippen molar-refractivity contribution < 1.29 is 19.1 Å². The van der Waals surface area contributed by atoms with Crippen molar-refractivity contribution in [3.05, 3.63) is 95.6 Å². The zero-order valence-electron chi connectivity index (χ0n) is 19.2. The van der Waals surface area contributed by atoms with E-state index in [2.05, 4.69) is 10.6 Å². The van der Waals surface area contributed by atoms with Crippen LogP contribution in [0, 0.1) is 0 Å². The van der Waals surface area contributed by atoms with E-state index in [1.54, 1.807) is 18.2 Å². The maximum Gasteiger partial charge on any atom is 0.321 e. The highest BCUT2D eigenvalue weighted by molar-refractivity contribution is 6.07. The molecule has 6 nitrogen and oxygen atoms in total. The van der Waals surface area contributed by atoms with Crippen molar-refractivity contribution >= 4 is 11.9 Å². The van der Waals surface area contributed by atoms with Gasteiger partial charge in [0.2, 0.25) is 0 Å². The van der Waals surface area contributed by atoms with E-state index < -0.39 is 11.9 Å². The van der Waals surface area contributed by atoms with E-state index >= 15 is 0 Å². The minimum absolute atomic E-state index is 0.0972. The first-order chi connectivity index (χ1) is 16.7. The topological polar surface area (TPSA) is 76.7 Å². The number of ether oxygens (including phenoxy) is 2. The molecule has 0 radical (unpaired) electrons. The van der Waals surface area contributed by atoms with Crippen LogP contribution in [0.25, 0.3) is 0 Å². The van der Waals surface area contributed by atoms with Crippen LogP contribution in [0.1, 0.15) is 53.6 Å². The maximum atomic E-state index is 13.2. The van der Waals surface area contributed by atoms with Crippen molar-refractivity contribution in [1.29, 1.82) is 0 Å². The zero-order chi connectivity index (χ0) is 23.6. The fourth-order valence-electron chi connectivity index (χ4n) is 4.08. The largest absolute Gasteiger partial charge is 0.488 e. The lowest BCUT2D eigenvalue weighted by Crippen LogP contribution is -2.45. The number of imide groups is 1. The molecule has 1 saturated carbocycles. The predicted octanol–water partition coefficient (Wildman–Crippen LogP) is 5.62. The highest BCUT2D eigenvalue weighted by Gasteiger charge is 2.23. The SMILES string of the molecule is O=C(NC(=O)c1c(OCc2ccccc2)cccc1OCc1ccccc1)NC1CCCCC1. The van der Waals surface area contributed by atoms with Crippen molar-refractivity contribution in [2.45, 2.75) is 51.4 Å². The Kier molecular flexibility index (Phi) is 8.17. The van der Waals surface area contributed by atoms with E-state index in [9.17, 15) is 9.59 Å². The van der Waals surface area contributed by atoms with Crippen molar-refractivity contribution in [2.24, 2.45) is 0 Å². The summed E-state index contributed by atoms with van der Waals surface area (Å²) in [5.41, 5.74) is 2.15. The number of urea groups is 1. The van der Waals surface area contributed by atoms with E-state index in [-0.39, 0.29) is 24.8 Å². The Bertz CT molecular complexity index is 1020. The lowest BCUT2D eigenvalue weighted by Gasteiger charge is -2.23. The first-order valence-corrected chi connectivity index (χ1v) is 11.8. The number of hydrogen-bond acceptors (Lipinski definition) is 4. The fraction of sp³-hybridized carbons (Fsp3) is 0.286. The average molecular weight is 459 g/mol. The predicted molar refractivity (Wildman–Crippen MR) is 131 cm³/mol. The maximum absolute atomic E-state index is 13.2. The van der Waals surface area contributed by atoms with Crippen LogP contribution in [0.4, 0.5) is 4.79 Å². The van der Waals surface area contributed by atoms with Gasteiger partial charge in [-0.1, -0.05) is 86.0 Å². The lowest BCUT2D eigenvalue weighted by molar-refractivity contribution is 0.0953. The van der Waals surface area contributed by atoms with Crippen molar-refractivity contribution in [2.75, 3.05) is 0 Å². The van der Waals surface area contributed by atoms with Gasteiger partial charge < -0.3 is 14.8 Å². The molecule has 1 aliphatic carbocycles. The Balaban J connectivity index is 1.51. The highest BCUT2D eigenvalue weighted by Crippen LogP contribution is 2.30. The van der Waals surface area contributed by atoms with Gasteiger partial charge in [0.1, 0.15) is 30.3 Å². The van der Waals surface area contributed by atoms with Crippen molar-refractivity contribution in [3.63, 3.8) is 0 Å². The standard InChI is InChI=1S/C28H30N2O4/c31-27(30-28(32)29-23-15-8-3-9-16-23)26-24(33-19-21-11-4-1-5-12-21)17-10-18-25(26)34-20-22-13-6-2-7-14-22/h1-2,4-7,10-14,17-18,23H,3,8-9,15-16,19-20H2,(H2,29,30,31,32). The second-order valence-corrected chi connectivity index (χ2v) is 8.44. The molecular formula is C28H30N2O4. The first-order valence-electron chi connectivity index (χ1n) is 11.8. The van der Waals surface area contributed by atoms with Gasteiger partial charge in [0.15, 0.2) is 0 Å². The molecule has 0 spiro atoms. The molecule has 6 heteroatoms. The zero-order valence-corrected chi connectivity index (χ0v) is 19.2. The molecule has 0 aromatic heterocycles. The van der Waals surface area contributed by atoms with Crippen LogP contribution in [0.3, 0.4) is 0 Å². The summed E-state index contributed by atoms with van der Waals surface area (Å²) < 4.78 is 12.0. The second kappa shape index (κ2) is 11.9. The molecule has 3 aromatic rings. The molecule has 34 heavy (non-hydrogen) atoms. The molecule has 1 fully saturated rings. The number of benzene rings is 3. The summed E-state index contributed by atoms with van der Waals surface area (Å²) in [5, 5.41) is 5.39. The number of rotatable bonds is 8. The third-order valence-electron chi connectivity index (χ3n) is 5.86. The van der Waals surface area contributed by atoms with Crippen LogP contribution in [-0.4, -0.2) is 18.0 Å². The summed E-state index contributed by atoms with van der Waals surface area (Å²) >= 11 is 0. The Labute approximate surface area is 200 Å². The number of carbonyl (C=O) groups excluding carboxylic acids is 2. The third-order valence-corrected chi connectivity index (χ3v) is 5.86. The summed E-state index contributed by atoms with van der Waals surface area (Å²) in [7, 11) is 0. The Morgan fingerprint density at radius 3 is 1.76 bits per heavy atom. The average Bonchev–Trinajstić information content (AvgIpc) is 2.88. The second-order valence-electron chi connectivity index (χ2n) is 8.44. The van der Waals surface area contributed by atoms with Gasteiger partial charge >= 0.3 is 6.03 Å². The van der Waals surface area contributed by atoms with Crippen molar-refractivity contribution in [3.8, 4) is 11.5 Å². The summed E-state index contributed by atoms with van der Waals surface area (Å²) in [5.74, 6) is 0.162. The highest BCUT2D eigenvalue weighted by atomic mass is 16.5. The van der Waals surface area contributed by atoms with E-state index in [4.69, 9.17) is 9.47 Å². The number of nitrogens with one attached hydrogen (secondary N) is 2. The van der Waals surface area contributed by atoms with Crippen LogP contribution in [0.5, 0.6) is 11.5 Å². The molecule has 4 rings (SSSR count). The van der Waals surface area contributed by atoms with Gasteiger partial charge in [-0.2, -0.15) is 0 Å². The van der Waals surface area contributed by atoms with Gasteiger partial charge in [0.25, 0.3) is 5.91 Å². The van der Waals surface area contributed by atoms with Gasteiger partial charge in [-0.25, -0.2) is 4.79 Å². The van der Waals surface area contributed by atoms with Gasteiger partial charge in [0.05, 0.1) is 0 Å².